The number of hydrogen-bond donors (Lipinski definition) is 1. The van der Waals surface area contributed by atoms with Gasteiger partial charge in [0.05, 0.1) is 12.7 Å². The average Bonchev–Trinajstić information content (AvgIpc) is 2.60. The molecule has 134 valence electrons. The van der Waals surface area contributed by atoms with Crippen LogP contribution in [0.4, 0.5) is 17.6 Å². The van der Waals surface area contributed by atoms with Crippen LogP contribution in [0.3, 0.4) is 0 Å². The van der Waals surface area contributed by atoms with Crippen LogP contribution in [0.2, 0.25) is 0 Å². The van der Waals surface area contributed by atoms with Crippen molar-refractivity contribution in [2.24, 2.45) is 0 Å². The predicted octanol–water partition coefficient (Wildman–Crippen LogP) is 2.70. The smallest absolute Gasteiger partial charge is 0.422 e. The molecule has 8 heteroatoms. The quantitative estimate of drug-likeness (QED) is 0.675. The minimum absolute atomic E-state index is 0.0455. The average molecular weight is 357 g/mol. The summed E-state index contributed by atoms with van der Waals surface area (Å²) >= 11 is 0. The lowest BCUT2D eigenvalue weighted by Crippen LogP contribution is -2.34. The first-order valence-electron chi connectivity index (χ1n) is 7.75. The molecule has 0 unspecified atom stereocenters. The van der Waals surface area contributed by atoms with Crippen molar-refractivity contribution in [3.8, 4) is 11.4 Å². The van der Waals surface area contributed by atoms with Crippen LogP contribution < -0.4 is 14.6 Å². The molecule has 0 radical (unpaired) electrons. The molecule has 0 amide bonds. The fourth-order valence-corrected chi connectivity index (χ4v) is 2.57. The van der Waals surface area contributed by atoms with Gasteiger partial charge in [0.1, 0.15) is 5.82 Å². The molecule has 0 saturated carbocycles. The lowest BCUT2D eigenvalue weighted by Gasteiger charge is -2.24. The van der Waals surface area contributed by atoms with Gasteiger partial charge in [-0.25, -0.2) is 4.39 Å². The monoisotopic (exact) mass is 357 g/mol. The van der Waals surface area contributed by atoms with Crippen molar-refractivity contribution in [3.05, 3.63) is 54.1 Å². The van der Waals surface area contributed by atoms with Crippen molar-refractivity contribution in [3.63, 3.8) is 0 Å². The lowest BCUT2D eigenvalue weighted by atomic mass is 10.1. The van der Waals surface area contributed by atoms with Gasteiger partial charge < -0.3 is 14.8 Å². The van der Waals surface area contributed by atoms with Crippen molar-refractivity contribution in [1.29, 1.82) is 0 Å². The first-order valence-corrected chi connectivity index (χ1v) is 7.75. The zero-order valence-corrected chi connectivity index (χ0v) is 13.2. The molecule has 4 nitrogen and oxygen atoms in total. The van der Waals surface area contributed by atoms with Gasteiger partial charge in [0, 0.05) is 36.9 Å². The van der Waals surface area contributed by atoms with Crippen LogP contribution in [-0.2, 0) is 4.74 Å². The Balaban J connectivity index is 1.78. The normalized spacial score (nSPS) is 18.2. The Morgan fingerprint density at radius 2 is 2.12 bits per heavy atom. The SMILES string of the molecule is Fc1cc(-[n+]2cccc(OCC(F)(F)F)c2)ccc1[C@H]1CNCCO1. The molecule has 2 heterocycles. The van der Waals surface area contributed by atoms with E-state index in [4.69, 9.17) is 9.47 Å². The van der Waals surface area contributed by atoms with Crippen LogP contribution in [0.5, 0.6) is 5.75 Å². The molecule has 1 aromatic heterocycles. The number of halogens is 4. The molecular weight excluding hydrogens is 340 g/mol. The molecule has 0 spiro atoms. The van der Waals surface area contributed by atoms with Crippen molar-refractivity contribution in [1.82, 2.24) is 5.32 Å². The second-order valence-corrected chi connectivity index (χ2v) is 5.62. The molecule has 1 saturated heterocycles. The van der Waals surface area contributed by atoms with Gasteiger partial charge in [-0.15, -0.1) is 0 Å². The Labute approximate surface area is 142 Å². The third-order valence-corrected chi connectivity index (χ3v) is 3.73. The fraction of sp³-hybridized carbons (Fsp3) is 0.353. The molecule has 1 aliphatic rings. The van der Waals surface area contributed by atoms with E-state index in [2.05, 4.69) is 5.32 Å². The first-order chi connectivity index (χ1) is 11.9. The van der Waals surface area contributed by atoms with Gasteiger partial charge in [-0.1, -0.05) is 0 Å². The van der Waals surface area contributed by atoms with E-state index < -0.39 is 18.6 Å². The molecule has 1 N–H and O–H groups in total. The molecule has 1 aliphatic heterocycles. The Bertz CT molecular complexity index is 731. The van der Waals surface area contributed by atoms with Crippen molar-refractivity contribution in [2.45, 2.75) is 12.3 Å². The van der Waals surface area contributed by atoms with Gasteiger partial charge >= 0.3 is 6.18 Å². The number of ether oxygens (including phenoxy) is 2. The summed E-state index contributed by atoms with van der Waals surface area (Å²) in [7, 11) is 0. The third-order valence-electron chi connectivity index (χ3n) is 3.73. The maximum atomic E-state index is 14.4. The van der Waals surface area contributed by atoms with Crippen LogP contribution in [0.15, 0.2) is 42.7 Å². The number of benzene rings is 1. The Morgan fingerprint density at radius 1 is 1.28 bits per heavy atom. The Morgan fingerprint density at radius 3 is 2.80 bits per heavy atom. The summed E-state index contributed by atoms with van der Waals surface area (Å²) in [4.78, 5) is 0. The minimum atomic E-state index is -4.41. The van der Waals surface area contributed by atoms with Gasteiger partial charge in [-0.05, 0) is 12.1 Å². The van der Waals surface area contributed by atoms with Crippen LogP contribution in [0, 0.1) is 5.82 Å². The maximum absolute atomic E-state index is 14.4. The van der Waals surface area contributed by atoms with E-state index in [1.165, 1.54) is 29.0 Å². The number of aromatic nitrogens is 1. The second-order valence-electron chi connectivity index (χ2n) is 5.62. The topological polar surface area (TPSA) is 34.4 Å². The molecule has 1 atom stereocenters. The largest absolute Gasteiger partial charge is 0.478 e. The minimum Gasteiger partial charge on any atom is -0.478 e. The number of alkyl halides is 3. The number of nitrogens with one attached hydrogen (secondary N) is 1. The van der Waals surface area contributed by atoms with Gasteiger partial charge in [0.25, 0.3) is 0 Å². The summed E-state index contributed by atoms with van der Waals surface area (Å²) in [6.07, 6.45) is -1.79. The van der Waals surface area contributed by atoms with Crippen LogP contribution in [0.25, 0.3) is 5.69 Å². The standard InChI is InChI=1S/C17H17F4N2O2/c18-15-8-12(3-4-14(15)16-9-22-5-7-24-16)23-6-1-2-13(10-23)25-11-17(19,20)21/h1-4,6,8,10,16,22H,5,7,9,11H2/q+1/t16-/m1/s1. The van der Waals surface area contributed by atoms with Crippen molar-refractivity contribution >= 4 is 0 Å². The summed E-state index contributed by atoms with van der Waals surface area (Å²) in [5, 5.41) is 3.14. The van der Waals surface area contributed by atoms with E-state index in [9.17, 15) is 17.6 Å². The van der Waals surface area contributed by atoms with E-state index in [0.29, 0.717) is 24.4 Å². The molecule has 25 heavy (non-hydrogen) atoms. The van der Waals surface area contributed by atoms with Gasteiger partial charge in [0.2, 0.25) is 11.9 Å². The van der Waals surface area contributed by atoms with Crippen LogP contribution >= 0.6 is 0 Å². The molecule has 0 aliphatic carbocycles. The van der Waals surface area contributed by atoms with Crippen molar-refractivity contribution < 1.29 is 31.6 Å². The molecule has 0 bridgehead atoms. The second kappa shape index (κ2) is 7.37. The van der Waals surface area contributed by atoms with E-state index >= 15 is 0 Å². The summed E-state index contributed by atoms with van der Waals surface area (Å²) in [6.45, 7) is 0.399. The number of hydrogen-bond acceptors (Lipinski definition) is 3. The Kier molecular flexibility index (Phi) is 5.19. The lowest BCUT2D eigenvalue weighted by molar-refractivity contribution is -0.596. The molecule has 1 aromatic carbocycles. The Hall–Kier alpha value is -2.19. The highest BCUT2D eigenvalue weighted by Gasteiger charge is 2.29. The van der Waals surface area contributed by atoms with E-state index in [-0.39, 0.29) is 11.9 Å². The molecule has 2 aromatic rings. The summed E-state index contributed by atoms with van der Waals surface area (Å²) < 4.78 is 62.9. The van der Waals surface area contributed by atoms with Crippen LogP contribution in [0.1, 0.15) is 11.7 Å². The fourth-order valence-electron chi connectivity index (χ4n) is 2.57. The number of morpholine rings is 1. The van der Waals surface area contributed by atoms with Gasteiger partial charge in [-0.3, -0.25) is 0 Å². The number of rotatable bonds is 4. The highest BCUT2D eigenvalue weighted by Crippen LogP contribution is 2.23. The zero-order valence-electron chi connectivity index (χ0n) is 13.2. The van der Waals surface area contributed by atoms with Gasteiger partial charge in [-0.2, -0.15) is 17.7 Å². The highest BCUT2D eigenvalue weighted by molar-refractivity contribution is 5.31. The van der Waals surface area contributed by atoms with Crippen LogP contribution in [-0.4, -0.2) is 32.5 Å². The summed E-state index contributed by atoms with van der Waals surface area (Å²) in [6, 6.07) is 7.57. The third kappa shape index (κ3) is 4.67. The maximum Gasteiger partial charge on any atom is 0.422 e. The molecular formula is C17H17F4N2O2+. The first kappa shape index (κ1) is 17.6. The zero-order chi connectivity index (χ0) is 17.9. The predicted molar refractivity (Wildman–Crippen MR) is 81.0 cm³/mol. The van der Waals surface area contributed by atoms with Crippen molar-refractivity contribution in [2.75, 3.05) is 26.3 Å². The summed E-state index contributed by atoms with van der Waals surface area (Å²) in [5.41, 5.74) is 0.920. The number of nitrogens with zero attached hydrogens (tertiary/aromatic N) is 1. The highest BCUT2D eigenvalue weighted by atomic mass is 19.4. The molecule has 3 rings (SSSR count). The number of pyridine rings is 1. The summed E-state index contributed by atoms with van der Waals surface area (Å²) in [5.74, 6) is -0.385. The van der Waals surface area contributed by atoms with E-state index in [1.54, 1.807) is 18.3 Å². The molecule has 1 fully saturated rings. The van der Waals surface area contributed by atoms with Gasteiger partial charge in [0.15, 0.2) is 18.6 Å². The van der Waals surface area contributed by atoms with E-state index in [0.717, 1.165) is 6.54 Å². The van der Waals surface area contributed by atoms with E-state index in [1.807, 2.05) is 0 Å².